The Kier molecular flexibility index (Phi) is 3.24. The lowest BCUT2D eigenvalue weighted by atomic mass is 9.95. The summed E-state index contributed by atoms with van der Waals surface area (Å²) in [6.45, 7) is 5.88. The molecule has 0 spiro atoms. The van der Waals surface area contributed by atoms with E-state index < -0.39 is 5.92 Å². The summed E-state index contributed by atoms with van der Waals surface area (Å²) < 4.78 is 0. The van der Waals surface area contributed by atoms with E-state index in [1.54, 1.807) is 13.0 Å². The Morgan fingerprint density at radius 1 is 1.14 bits per heavy atom. The predicted octanol–water partition coefficient (Wildman–Crippen LogP) is 3.29. The Balaban J connectivity index is 2.23. The predicted molar refractivity (Wildman–Crippen MR) is 80.4 cm³/mol. The molecule has 108 valence electrons. The number of Topliss-reactive ketones (excluding diaryl/α,β-unsaturated/α-hetero) is 2. The van der Waals surface area contributed by atoms with Crippen LogP contribution in [0.5, 0.6) is 0 Å². The van der Waals surface area contributed by atoms with Crippen LogP contribution in [0.1, 0.15) is 47.4 Å². The van der Waals surface area contributed by atoms with Crippen LogP contribution in [0.2, 0.25) is 0 Å². The molecule has 4 nitrogen and oxygen atoms in total. The fraction of sp³-hybridized carbons (Fsp3) is 0.353. The molecule has 0 bridgehead atoms. The molecule has 1 N–H and O–H groups in total. The van der Waals surface area contributed by atoms with Gasteiger partial charge in [0.05, 0.1) is 5.92 Å². The molecule has 2 aromatic rings. The molecule has 0 unspecified atom stereocenters. The van der Waals surface area contributed by atoms with Crippen molar-refractivity contribution in [1.82, 2.24) is 9.97 Å². The maximum atomic E-state index is 12.5. The monoisotopic (exact) mass is 282 g/mol. The first-order chi connectivity index (χ1) is 9.99. The summed E-state index contributed by atoms with van der Waals surface area (Å²) in [4.78, 5) is 32.7. The Labute approximate surface area is 123 Å². The number of carbonyl (C=O) groups excluding carboxylic acids is 2. The number of nitrogens with one attached hydrogen (secondary N) is 1. The van der Waals surface area contributed by atoms with E-state index in [0.29, 0.717) is 22.9 Å². The highest BCUT2D eigenvalue weighted by Crippen LogP contribution is 2.33. The van der Waals surface area contributed by atoms with Crippen molar-refractivity contribution in [3.8, 4) is 11.3 Å². The van der Waals surface area contributed by atoms with Crippen LogP contribution in [0.3, 0.4) is 0 Å². The number of H-pyrrole nitrogens is 1. The molecule has 1 aliphatic rings. The second-order valence-electron chi connectivity index (χ2n) is 6.00. The minimum atomic E-state index is -0.667. The molecule has 0 saturated carbocycles. The SMILES string of the molecule is CC(C)Cc1nc2c([nH]1)C(=O)[C@@H](C)C(=O)c1ccccc1-2. The zero-order valence-corrected chi connectivity index (χ0v) is 12.4. The van der Waals surface area contributed by atoms with Gasteiger partial charge in [-0.1, -0.05) is 38.1 Å². The van der Waals surface area contributed by atoms with Gasteiger partial charge in [0.1, 0.15) is 17.2 Å². The number of nitrogens with zero attached hydrogens (tertiary/aromatic N) is 1. The van der Waals surface area contributed by atoms with Gasteiger partial charge in [0.2, 0.25) is 0 Å². The van der Waals surface area contributed by atoms with Crippen LogP contribution >= 0.6 is 0 Å². The van der Waals surface area contributed by atoms with Crippen LogP contribution in [0.25, 0.3) is 11.3 Å². The minimum absolute atomic E-state index is 0.132. The van der Waals surface area contributed by atoms with Crippen LogP contribution in [0.4, 0.5) is 0 Å². The largest absolute Gasteiger partial charge is 0.339 e. The van der Waals surface area contributed by atoms with Crippen molar-refractivity contribution in [1.29, 1.82) is 0 Å². The number of hydrogen-bond acceptors (Lipinski definition) is 3. The van der Waals surface area contributed by atoms with E-state index in [4.69, 9.17) is 0 Å². The summed E-state index contributed by atoms with van der Waals surface area (Å²) in [5.41, 5.74) is 2.42. The lowest BCUT2D eigenvalue weighted by Gasteiger charge is -2.07. The van der Waals surface area contributed by atoms with Gasteiger partial charge in [-0.25, -0.2) is 4.98 Å². The molecule has 1 atom stereocenters. The van der Waals surface area contributed by atoms with E-state index in [2.05, 4.69) is 23.8 Å². The second-order valence-corrected chi connectivity index (χ2v) is 6.00. The molecule has 0 aliphatic heterocycles. The molecule has 0 amide bonds. The summed E-state index contributed by atoms with van der Waals surface area (Å²) in [6, 6.07) is 7.32. The number of ketones is 2. The molecular formula is C17H18N2O2. The maximum Gasteiger partial charge on any atom is 0.191 e. The van der Waals surface area contributed by atoms with Gasteiger partial charge in [0.15, 0.2) is 11.6 Å². The lowest BCUT2D eigenvalue weighted by Crippen LogP contribution is -2.20. The highest BCUT2D eigenvalue weighted by Gasteiger charge is 2.34. The number of aromatic amines is 1. The Hall–Kier alpha value is -2.23. The van der Waals surface area contributed by atoms with Crippen LogP contribution < -0.4 is 0 Å². The number of fused-ring (bicyclic) bond motifs is 3. The Morgan fingerprint density at radius 2 is 1.81 bits per heavy atom. The van der Waals surface area contributed by atoms with E-state index in [9.17, 15) is 9.59 Å². The van der Waals surface area contributed by atoms with Crippen LogP contribution in [-0.4, -0.2) is 21.5 Å². The molecule has 0 fully saturated rings. The fourth-order valence-electron chi connectivity index (χ4n) is 2.75. The summed E-state index contributed by atoms with van der Waals surface area (Å²) in [5, 5.41) is 0. The fourth-order valence-corrected chi connectivity index (χ4v) is 2.75. The lowest BCUT2D eigenvalue weighted by molar-refractivity contribution is 0.0821. The van der Waals surface area contributed by atoms with Gasteiger partial charge in [-0.05, 0) is 12.8 Å². The number of rotatable bonds is 2. The molecule has 1 heterocycles. The van der Waals surface area contributed by atoms with Gasteiger partial charge in [-0.2, -0.15) is 0 Å². The van der Waals surface area contributed by atoms with Gasteiger partial charge < -0.3 is 4.98 Å². The van der Waals surface area contributed by atoms with Crippen molar-refractivity contribution in [2.24, 2.45) is 11.8 Å². The average molecular weight is 282 g/mol. The van der Waals surface area contributed by atoms with Gasteiger partial charge in [-0.15, -0.1) is 0 Å². The van der Waals surface area contributed by atoms with Crippen LogP contribution in [0, 0.1) is 11.8 Å². The zero-order chi connectivity index (χ0) is 15.1. The van der Waals surface area contributed by atoms with Gasteiger partial charge in [-0.3, -0.25) is 9.59 Å². The van der Waals surface area contributed by atoms with Crippen molar-refractivity contribution in [3.63, 3.8) is 0 Å². The smallest absolute Gasteiger partial charge is 0.191 e. The first-order valence-corrected chi connectivity index (χ1v) is 7.25. The van der Waals surface area contributed by atoms with Crippen molar-refractivity contribution >= 4 is 11.6 Å². The number of aromatic nitrogens is 2. The Morgan fingerprint density at radius 3 is 2.48 bits per heavy atom. The number of benzene rings is 1. The second kappa shape index (κ2) is 4.95. The van der Waals surface area contributed by atoms with E-state index in [1.165, 1.54) is 0 Å². The molecule has 0 saturated heterocycles. The summed E-state index contributed by atoms with van der Waals surface area (Å²) in [5.74, 6) is 0.282. The van der Waals surface area contributed by atoms with Crippen molar-refractivity contribution in [2.75, 3.05) is 0 Å². The molecular weight excluding hydrogens is 264 g/mol. The topological polar surface area (TPSA) is 62.8 Å². The summed E-state index contributed by atoms with van der Waals surface area (Å²) >= 11 is 0. The molecule has 4 heteroatoms. The molecule has 1 aliphatic carbocycles. The Bertz CT molecular complexity index is 728. The third-order valence-electron chi connectivity index (χ3n) is 3.84. The van der Waals surface area contributed by atoms with Crippen molar-refractivity contribution in [2.45, 2.75) is 27.2 Å². The zero-order valence-electron chi connectivity index (χ0n) is 12.4. The molecule has 0 radical (unpaired) electrons. The molecule has 1 aromatic carbocycles. The van der Waals surface area contributed by atoms with E-state index in [0.717, 1.165) is 17.8 Å². The molecule has 1 aromatic heterocycles. The summed E-state index contributed by atoms with van der Waals surface area (Å²) in [6.07, 6.45) is 0.783. The standard InChI is InChI=1S/C17H18N2O2/c1-9(2)8-13-18-14-11-6-4-5-7-12(11)16(20)10(3)17(21)15(14)19-13/h4-7,9-10H,8H2,1-3H3,(H,18,19)/t10-/m0/s1. The average Bonchev–Trinajstić information content (AvgIpc) is 2.85. The third kappa shape index (κ3) is 2.20. The number of hydrogen-bond donors (Lipinski definition) is 1. The molecule has 3 rings (SSSR count). The van der Waals surface area contributed by atoms with Gasteiger partial charge >= 0.3 is 0 Å². The van der Waals surface area contributed by atoms with E-state index in [-0.39, 0.29) is 11.6 Å². The number of imidazole rings is 1. The highest BCUT2D eigenvalue weighted by molar-refractivity contribution is 6.21. The first-order valence-electron chi connectivity index (χ1n) is 7.25. The normalized spacial score (nSPS) is 17.6. The van der Waals surface area contributed by atoms with Gasteiger partial charge in [0, 0.05) is 17.5 Å². The van der Waals surface area contributed by atoms with E-state index in [1.807, 2.05) is 18.2 Å². The first kappa shape index (κ1) is 13.7. The quantitative estimate of drug-likeness (QED) is 0.860. The van der Waals surface area contributed by atoms with E-state index >= 15 is 0 Å². The van der Waals surface area contributed by atoms with Gasteiger partial charge in [0.25, 0.3) is 0 Å². The maximum absolute atomic E-state index is 12.5. The minimum Gasteiger partial charge on any atom is -0.339 e. The van der Waals surface area contributed by atoms with Crippen molar-refractivity contribution < 1.29 is 9.59 Å². The molecule has 21 heavy (non-hydrogen) atoms. The highest BCUT2D eigenvalue weighted by atomic mass is 16.2. The number of carbonyl (C=O) groups is 2. The van der Waals surface area contributed by atoms with Crippen LogP contribution in [-0.2, 0) is 6.42 Å². The summed E-state index contributed by atoms with van der Waals surface area (Å²) in [7, 11) is 0. The third-order valence-corrected chi connectivity index (χ3v) is 3.84. The van der Waals surface area contributed by atoms with Crippen LogP contribution in [0.15, 0.2) is 24.3 Å². The van der Waals surface area contributed by atoms with Crippen molar-refractivity contribution in [3.05, 3.63) is 41.3 Å².